The van der Waals surface area contributed by atoms with E-state index in [2.05, 4.69) is 15.5 Å². The smallest absolute Gasteiger partial charge is 0.135 e. The summed E-state index contributed by atoms with van der Waals surface area (Å²) in [5.74, 6) is 1.83. The molecule has 0 saturated carbocycles. The molecule has 0 spiro atoms. The second kappa shape index (κ2) is 7.93. The fourth-order valence-electron chi connectivity index (χ4n) is 2.54. The Labute approximate surface area is 156 Å². The van der Waals surface area contributed by atoms with Crippen molar-refractivity contribution in [2.75, 3.05) is 26.8 Å². The third kappa shape index (κ3) is 3.65. The third-order valence-corrected chi connectivity index (χ3v) is 4.07. The van der Waals surface area contributed by atoms with Crippen LogP contribution in [0, 0.1) is 0 Å². The molecule has 0 unspecified atom stereocenters. The van der Waals surface area contributed by atoms with Crippen LogP contribution in [0.2, 0.25) is 5.02 Å². The second-order valence-electron chi connectivity index (χ2n) is 5.34. The minimum absolute atomic E-state index is 0.595. The summed E-state index contributed by atoms with van der Waals surface area (Å²) in [5, 5.41) is 5.88. The van der Waals surface area contributed by atoms with Gasteiger partial charge in [0.15, 0.2) is 0 Å². The van der Waals surface area contributed by atoms with Crippen LogP contribution in [-0.4, -0.2) is 32.5 Å². The van der Waals surface area contributed by atoms with E-state index < -0.39 is 0 Å². The molecule has 1 N–H and O–H groups in total. The molecule has 26 heavy (non-hydrogen) atoms. The average molecular weight is 372 g/mol. The number of ether oxygens (including phenoxy) is 3. The maximum Gasteiger partial charge on any atom is 0.135 e. The van der Waals surface area contributed by atoms with Gasteiger partial charge in [-0.05, 0) is 24.3 Å². The molecule has 7 heteroatoms. The van der Waals surface area contributed by atoms with E-state index in [1.54, 1.807) is 51.9 Å². The summed E-state index contributed by atoms with van der Waals surface area (Å²) in [7, 11) is 4.75. The van der Waals surface area contributed by atoms with Crippen LogP contribution in [0.1, 0.15) is 5.56 Å². The highest BCUT2D eigenvalue weighted by atomic mass is 35.5. The molecular weight excluding hydrogens is 354 g/mol. The number of halogens is 1. The Balaban J connectivity index is 1.92. The van der Waals surface area contributed by atoms with Gasteiger partial charge in [-0.25, -0.2) is 0 Å². The Kier molecular flexibility index (Phi) is 5.43. The summed E-state index contributed by atoms with van der Waals surface area (Å²) in [6, 6.07) is 10.9. The van der Waals surface area contributed by atoms with Gasteiger partial charge < -0.3 is 14.2 Å². The maximum absolute atomic E-state index is 6.02. The zero-order valence-electron chi connectivity index (χ0n) is 14.6. The molecule has 0 aliphatic heterocycles. The van der Waals surface area contributed by atoms with Crippen LogP contribution in [0.15, 0.2) is 47.7 Å². The lowest BCUT2D eigenvalue weighted by Crippen LogP contribution is -1.99. The molecular formula is C19H18ClN3O3. The van der Waals surface area contributed by atoms with E-state index in [0.29, 0.717) is 27.8 Å². The van der Waals surface area contributed by atoms with E-state index in [9.17, 15) is 0 Å². The van der Waals surface area contributed by atoms with Crippen molar-refractivity contribution >= 4 is 34.4 Å². The molecule has 3 rings (SSSR count). The molecule has 134 valence electrons. The highest BCUT2D eigenvalue weighted by Crippen LogP contribution is 2.32. The first-order valence-corrected chi connectivity index (χ1v) is 8.17. The normalized spacial score (nSPS) is 10.9. The van der Waals surface area contributed by atoms with Crippen LogP contribution in [-0.2, 0) is 0 Å². The number of hydrogen-bond acceptors (Lipinski definition) is 6. The monoisotopic (exact) mass is 371 g/mol. The highest BCUT2D eigenvalue weighted by Gasteiger charge is 2.11. The number of benzene rings is 2. The molecule has 2 aromatic carbocycles. The van der Waals surface area contributed by atoms with Gasteiger partial charge in [0.1, 0.15) is 17.2 Å². The van der Waals surface area contributed by atoms with Crippen molar-refractivity contribution in [1.29, 1.82) is 0 Å². The van der Waals surface area contributed by atoms with Crippen molar-refractivity contribution in [3.63, 3.8) is 0 Å². The molecule has 0 atom stereocenters. The van der Waals surface area contributed by atoms with Gasteiger partial charge in [0.2, 0.25) is 0 Å². The minimum Gasteiger partial charge on any atom is -0.496 e. The van der Waals surface area contributed by atoms with E-state index in [0.717, 1.165) is 16.6 Å². The number of hydrazone groups is 1. The number of fused-ring (bicyclic) bond motifs is 1. The van der Waals surface area contributed by atoms with Crippen molar-refractivity contribution in [1.82, 2.24) is 4.98 Å². The minimum atomic E-state index is 0.595. The number of nitrogens with zero attached hydrogens (tertiary/aromatic N) is 2. The van der Waals surface area contributed by atoms with Gasteiger partial charge in [0.25, 0.3) is 0 Å². The highest BCUT2D eigenvalue weighted by molar-refractivity contribution is 6.31. The van der Waals surface area contributed by atoms with Crippen LogP contribution >= 0.6 is 11.6 Å². The molecule has 0 radical (unpaired) electrons. The lowest BCUT2D eigenvalue weighted by molar-refractivity contribution is 0.374. The third-order valence-electron chi connectivity index (χ3n) is 3.84. The van der Waals surface area contributed by atoms with Crippen molar-refractivity contribution in [2.24, 2.45) is 5.10 Å². The molecule has 0 saturated heterocycles. The van der Waals surface area contributed by atoms with E-state index in [1.807, 2.05) is 18.2 Å². The number of hydrogen-bond donors (Lipinski definition) is 1. The molecule has 0 aliphatic carbocycles. The van der Waals surface area contributed by atoms with Crippen molar-refractivity contribution in [3.05, 3.63) is 53.2 Å². The number of aromatic nitrogens is 1. The largest absolute Gasteiger partial charge is 0.496 e. The Morgan fingerprint density at radius 3 is 2.38 bits per heavy atom. The van der Waals surface area contributed by atoms with Gasteiger partial charge >= 0.3 is 0 Å². The topological polar surface area (TPSA) is 65.0 Å². The summed E-state index contributed by atoms with van der Waals surface area (Å²) in [6.45, 7) is 0. The number of pyridine rings is 1. The summed E-state index contributed by atoms with van der Waals surface area (Å²) in [6.07, 6.45) is 3.34. The molecule has 0 amide bonds. The van der Waals surface area contributed by atoms with Gasteiger partial charge in [0.05, 0.1) is 44.3 Å². The number of nitrogens with one attached hydrogen (secondary N) is 1. The average Bonchev–Trinajstić information content (AvgIpc) is 2.67. The van der Waals surface area contributed by atoms with Crippen molar-refractivity contribution < 1.29 is 14.2 Å². The number of anilines is 1. The molecule has 0 aliphatic rings. The van der Waals surface area contributed by atoms with E-state index in [1.165, 1.54) is 0 Å². The SMILES string of the molecule is COc1cc(OC)c(/C=N\Nc2ccnc3cc(Cl)ccc23)c(OC)c1. The summed E-state index contributed by atoms with van der Waals surface area (Å²) in [5.41, 5.74) is 5.33. The Hall–Kier alpha value is -2.99. The molecule has 3 aromatic rings. The molecule has 0 bridgehead atoms. The van der Waals surface area contributed by atoms with Gasteiger partial charge in [-0.3, -0.25) is 10.4 Å². The first-order chi connectivity index (χ1) is 12.7. The van der Waals surface area contributed by atoms with Gasteiger partial charge in [-0.2, -0.15) is 5.10 Å². The van der Waals surface area contributed by atoms with Crippen LogP contribution in [0.4, 0.5) is 5.69 Å². The van der Waals surface area contributed by atoms with E-state index >= 15 is 0 Å². The maximum atomic E-state index is 6.02. The van der Waals surface area contributed by atoms with E-state index in [4.69, 9.17) is 25.8 Å². The zero-order valence-corrected chi connectivity index (χ0v) is 15.4. The van der Waals surface area contributed by atoms with E-state index in [-0.39, 0.29) is 0 Å². The van der Waals surface area contributed by atoms with Crippen molar-refractivity contribution in [3.8, 4) is 17.2 Å². The lowest BCUT2D eigenvalue weighted by Gasteiger charge is -2.12. The Morgan fingerprint density at radius 1 is 1.00 bits per heavy atom. The molecule has 1 aromatic heterocycles. The second-order valence-corrected chi connectivity index (χ2v) is 5.77. The van der Waals surface area contributed by atoms with Crippen molar-refractivity contribution in [2.45, 2.75) is 0 Å². The van der Waals surface area contributed by atoms with Crippen LogP contribution < -0.4 is 19.6 Å². The molecule has 6 nitrogen and oxygen atoms in total. The first-order valence-electron chi connectivity index (χ1n) is 7.79. The fraction of sp³-hybridized carbons (Fsp3) is 0.158. The summed E-state index contributed by atoms with van der Waals surface area (Å²) < 4.78 is 16.1. The predicted molar refractivity (Wildman–Crippen MR) is 104 cm³/mol. The first kappa shape index (κ1) is 17.8. The molecule has 1 heterocycles. The Bertz CT molecular complexity index is 935. The number of rotatable bonds is 6. The number of methoxy groups -OCH3 is 3. The van der Waals surface area contributed by atoms with Gasteiger partial charge in [-0.15, -0.1) is 0 Å². The summed E-state index contributed by atoms with van der Waals surface area (Å²) >= 11 is 6.02. The standard InChI is InChI=1S/C19H18ClN3O3/c1-24-13-9-18(25-2)15(19(10-13)26-3)11-22-23-16-6-7-21-17-8-12(20)4-5-14(16)17/h4-11H,1-3H3,(H,21,23)/b22-11-. The molecule has 0 fully saturated rings. The van der Waals surface area contributed by atoms with Gasteiger partial charge in [0, 0.05) is 28.7 Å². The fourth-order valence-corrected chi connectivity index (χ4v) is 2.71. The summed E-state index contributed by atoms with van der Waals surface area (Å²) in [4.78, 5) is 4.31. The lowest BCUT2D eigenvalue weighted by atomic mass is 10.2. The van der Waals surface area contributed by atoms with Crippen LogP contribution in [0.5, 0.6) is 17.2 Å². The van der Waals surface area contributed by atoms with Crippen LogP contribution in [0.25, 0.3) is 10.9 Å². The Morgan fingerprint density at radius 2 is 1.73 bits per heavy atom. The zero-order chi connectivity index (χ0) is 18.5. The van der Waals surface area contributed by atoms with Gasteiger partial charge in [-0.1, -0.05) is 11.6 Å². The predicted octanol–water partition coefficient (Wildman–Crippen LogP) is 4.36. The van der Waals surface area contributed by atoms with Crippen LogP contribution in [0.3, 0.4) is 0 Å². The quantitative estimate of drug-likeness (QED) is 0.515.